The number of hydrogen-bond acceptors (Lipinski definition) is 3. The number of carbonyl (C=O) groups excluding carboxylic acids is 1. The van der Waals surface area contributed by atoms with Crippen LogP contribution >= 0.6 is 0 Å². The summed E-state index contributed by atoms with van der Waals surface area (Å²) in [6.45, 7) is 3.85. The van der Waals surface area contributed by atoms with Crippen LogP contribution in [0.3, 0.4) is 0 Å². The molecule has 0 saturated carbocycles. The van der Waals surface area contributed by atoms with Gasteiger partial charge in [0.25, 0.3) is 0 Å². The zero-order valence-electron chi connectivity index (χ0n) is 12.4. The topological polar surface area (TPSA) is 43.4 Å². The lowest BCUT2D eigenvalue weighted by Gasteiger charge is -2.07. The van der Waals surface area contributed by atoms with E-state index in [1.165, 1.54) is 0 Å². The molecule has 0 spiro atoms. The molecule has 0 fully saturated rings. The quantitative estimate of drug-likeness (QED) is 0.796. The third-order valence-electron chi connectivity index (χ3n) is 3.24. The molecule has 2 rings (SSSR count). The number of methoxy groups -OCH3 is 1. The van der Waals surface area contributed by atoms with Gasteiger partial charge in [-0.2, -0.15) is 0 Å². The van der Waals surface area contributed by atoms with Crippen LogP contribution in [0, 0.1) is 13.8 Å². The minimum Gasteiger partial charge on any atom is -0.497 e. The van der Waals surface area contributed by atoms with Gasteiger partial charge in [-0.15, -0.1) is 0 Å². The fourth-order valence-corrected chi connectivity index (χ4v) is 3.33. The van der Waals surface area contributed by atoms with Crippen LogP contribution in [0.4, 0.5) is 0 Å². The highest BCUT2D eigenvalue weighted by molar-refractivity contribution is 7.85. The van der Waals surface area contributed by atoms with Gasteiger partial charge in [-0.05, 0) is 43.2 Å². The SMILES string of the molecule is COc1cccc(C(=O)CS(=O)c2cc(C)ccc2C)c1. The molecule has 0 radical (unpaired) electrons. The Balaban J connectivity index is 2.18. The van der Waals surface area contributed by atoms with Crippen LogP contribution in [0.2, 0.25) is 0 Å². The molecule has 110 valence electrons. The molecule has 0 aromatic heterocycles. The van der Waals surface area contributed by atoms with Crippen molar-refractivity contribution in [3.05, 3.63) is 59.2 Å². The first-order chi connectivity index (χ1) is 10.0. The summed E-state index contributed by atoms with van der Waals surface area (Å²) in [5, 5.41) is 0. The van der Waals surface area contributed by atoms with Crippen LogP contribution in [0.5, 0.6) is 5.75 Å². The number of benzene rings is 2. The monoisotopic (exact) mass is 302 g/mol. The molecule has 0 heterocycles. The molecule has 0 aliphatic rings. The Hall–Kier alpha value is -1.94. The van der Waals surface area contributed by atoms with E-state index in [1.807, 2.05) is 32.0 Å². The van der Waals surface area contributed by atoms with Gasteiger partial charge in [-0.3, -0.25) is 9.00 Å². The molecule has 0 aliphatic carbocycles. The second-order valence-corrected chi connectivity index (χ2v) is 6.33. The van der Waals surface area contributed by atoms with Crippen molar-refractivity contribution in [2.24, 2.45) is 0 Å². The van der Waals surface area contributed by atoms with Crippen LogP contribution in [-0.2, 0) is 10.8 Å². The molecule has 0 bridgehead atoms. The minimum absolute atomic E-state index is 0.0164. The Labute approximate surface area is 127 Å². The minimum atomic E-state index is -1.33. The van der Waals surface area contributed by atoms with Crippen molar-refractivity contribution in [3.63, 3.8) is 0 Å². The normalized spacial score (nSPS) is 12.0. The fraction of sp³-hybridized carbons (Fsp3) is 0.235. The maximum Gasteiger partial charge on any atom is 0.175 e. The van der Waals surface area contributed by atoms with Crippen molar-refractivity contribution in [1.82, 2.24) is 0 Å². The highest BCUT2D eigenvalue weighted by Gasteiger charge is 2.14. The molecular weight excluding hydrogens is 284 g/mol. The summed E-state index contributed by atoms with van der Waals surface area (Å²) in [6.07, 6.45) is 0. The summed E-state index contributed by atoms with van der Waals surface area (Å²) in [5.41, 5.74) is 2.50. The number of aryl methyl sites for hydroxylation is 2. The lowest BCUT2D eigenvalue weighted by molar-refractivity contribution is 0.102. The van der Waals surface area contributed by atoms with Crippen molar-refractivity contribution in [2.75, 3.05) is 12.9 Å². The highest BCUT2D eigenvalue weighted by Crippen LogP contribution is 2.18. The third-order valence-corrected chi connectivity index (χ3v) is 4.70. The Morgan fingerprint density at radius 1 is 1.14 bits per heavy atom. The molecule has 2 aromatic carbocycles. The van der Waals surface area contributed by atoms with E-state index in [2.05, 4.69) is 0 Å². The molecule has 3 nitrogen and oxygen atoms in total. The van der Waals surface area contributed by atoms with Crippen LogP contribution in [0.25, 0.3) is 0 Å². The van der Waals surface area contributed by atoms with Gasteiger partial charge >= 0.3 is 0 Å². The van der Waals surface area contributed by atoms with Crippen molar-refractivity contribution in [1.29, 1.82) is 0 Å². The van der Waals surface area contributed by atoms with E-state index in [9.17, 15) is 9.00 Å². The van der Waals surface area contributed by atoms with E-state index in [0.29, 0.717) is 11.3 Å². The summed E-state index contributed by atoms with van der Waals surface area (Å²) >= 11 is 0. The zero-order valence-corrected chi connectivity index (χ0v) is 13.2. The predicted octanol–water partition coefficient (Wildman–Crippen LogP) is 3.30. The van der Waals surface area contributed by atoms with Crippen molar-refractivity contribution < 1.29 is 13.7 Å². The Bertz CT molecular complexity index is 692. The van der Waals surface area contributed by atoms with Gasteiger partial charge in [-0.1, -0.05) is 24.3 Å². The molecule has 1 atom stereocenters. The molecule has 0 N–H and O–H groups in total. The highest BCUT2D eigenvalue weighted by atomic mass is 32.2. The van der Waals surface area contributed by atoms with Gasteiger partial charge in [0, 0.05) is 10.5 Å². The fourth-order valence-electron chi connectivity index (χ4n) is 2.03. The van der Waals surface area contributed by atoms with Crippen LogP contribution < -0.4 is 4.74 Å². The van der Waals surface area contributed by atoms with E-state index in [0.717, 1.165) is 16.0 Å². The Kier molecular flexibility index (Phi) is 4.91. The van der Waals surface area contributed by atoms with Gasteiger partial charge < -0.3 is 4.74 Å². The number of ketones is 1. The van der Waals surface area contributed by atoms with Crippen molar-refractivity contribution in [2.45, 2.75) is 18.7 Å². The predicted molar refractivity (Wildman–Crippen MR) is 84.5 cm³/mol. The van der Waals surface area contributed by atoms with Gasteiger partial charge in [-0.25, -0.2) is 0 Å². The maximum atomic E-state index is 12.4. The van der Waals surface area contributed by atoms with E-state index in [-0.39, 0.29) is 11.5 Å². The van der Waals surface area contributed by atoms with Crippen LogP contribution in [-0.4, -0.2) is 22.9 Å². The second-order valence-electron chi connectivity index (χ2n) is 4.91. The number of rotatable bonds is 5. The molecule has 0 amide bonds. The van der Waals surface area contributed by atoms with E-state index < -0.39 is 10.8 Å². The summed E-state index contributed by atoms with van der Waals surface area (Å²) in [4.78, 5) is 13.0. The number of carbonyl (C=O) groups is 1. The smallest absolute Gasteiger partial charge is 0.175 e. The second kappa shape index (κ2) is 6.68. The molecule has 2 aromatic rings. The first kappa shape index (κ1) is 15.4. The summed E-state index contributed by atoms with van der Waals surface area (Å²) in [5.74, 6) is 0.462. The average molecular weight is 302 g/mol. The first-order valence-electron chi connectivity index (χ1n) is 6.64. The van der Waals surface area contributed by atoms with Gasteiger partial charge in [0.1, 0.15) is 5.75 Å². The van der Waals surface area contributed by atoms with E-state index >= 15 is 0 Å². The van der Waals surface area contributed by atoms with Gasteiger partial charge in [0.2, 0.25) is 0 Å². The molecule has 1 unspecified atom stereocenters. The van der Waals surface area contributed by atoms with E-state index in [4.69, 9.17) is 4.74 Å². The first-order valence-corrected chi connectivity index (χ1v) is 7.96. The van der Waals surface area contributed by atoms with Gasteiger partial charge in [0.15, 0.2) is 5.78 Å². The van der Waals surface area contributed by atoms with E-state index in [1.54, 1.807) is 31.4 Å². The Morgan fingerprint density at radius 3 is 2.62 bits per heavy atom. The van der Waals surface area contributed by atoms with Crippen molar-refractivity contribution >= 4 is 16.6 Å². The largest absolute Gasteiger partial charge is 0.497 e. The number of ether oxygens (including phenoxy) is 1. The maximum absolute atomic E-state index is 12.4. The Morgan fingerprint density at radius 2 is 1.90 bits per heavy atom. The lowest BCUT2D eigenvalue weighted by Crippen LogP contribution is -2.12. The summed E-state index contributed by atoms with van der Waals surface area (Å²) in [6, 6.07) is 12.7. The van der Waals surface area contributed by atoms with Gasteiger partial charge in [0.05, 0.1) is 23.7 Å². The number of hydrogen-bond donors (Lipinski definition) is 0. The molecular formula is C17H18O3S. The standard InChI is InChI=1S/C17H18O3S/c1-12-7-8-13(2)17(9-12)21(19)11-16(18)14-5-4-6-15(10-14)20-3/h4-10H,11H2,1-3H3. The summed E-state index contributed by atoms with van der Waals surface area (Å²) in [7, 11) is 0.219. The zero-order chi connectivity index (χ0) is 15.4. The molecule has 4 heteroatoms. The lowest BCUT2D eigenvalue weighted by atomic mass is 10.1. The molecule has 21 heavy (non-hydrogen) atoms. The third kappa shape index (κ3) is 3.79. The molecule has 0 saturated heterocycles. The average Bonchev–Trinajstić information content (AvgIpc) is 2.49. The van der Waals surface area contributed by atoms with Crippen molar-refractivity contribution in [3.8, 4) is 5.75 Å². The van der Waals surface area contributed by atoms with Crippen LogP contribution in [0.1, 0.15) is 21.5 Å². The number of Topliss-reactive ketones (excluding diaryl/α,β-unsaturated/α-hetero) is 1. The molecule has 0 aliphatic heterocycles. The summed E-state index contributed by atoms with van der Waals surface area (Å²) < 4.78 is 17.5. The van der Waals surface area contributed by atoms with Crippen LogP contribution in [0.15, 0.2) is 47.4 Å².